The average molecular weight is 489 g/mol. The molecule has 5 heterocycles. The van der Waals surface area contributed by atoms with Crippen molar-refractivity contribution in [2.75, 3.05) is 14.1 Å². The average Bonchev–Trinajstić information content (AvgIpc) is 3.55. The largest absolute Gasteiger partial charge is 0.337 e. The maximum atomic E-state index is 4.94. The molecule has 8 heteroatoms. The summed E-state index contributed by atoms with van der Waals surface area (Å²) in [7, 11) is 4.16. The molecule has 0 amide bonds. The van der Waals surface area contributed by atoms with Crippen LogP contribution in [0.1, 0.15) is 18.2 Å². The zero-order valence-electron chi connectivity index (χ0n) is 21.4. The number of hydrogen-bond acceptors (Lipinski definition) is 6. The van der Waals surface area contributed by atoms with Crippen LogP contribution < -0.4 is 0 Å². The maximum Gasteiger partial charge on any atom is 0.160 e. The molecule has 6 rings (SSSR count). The van der Waals surface area contributed by atoms with E-state index in [-0.39, 0.29) is 0 Å². The van der Waals surface area contributed by atoms with E-state index in [2.05, 4.69) is 72.3 Å². The van der Waals surface area contributed by atoms with Crippen LogP contribution in [0.25, 0.3) is 50.5 Å². The Bertz CT molecular complexity index is 1730. The molecule has 0 saturated carbocycles. The minimum absolute atomic E-state index is 0.669. The van der Waals surface area contributed by atoms with E-state index in [1.54, 1.807) is 6.20 Å². The van der Waals surface area contributed by atoms with Crippen LogP contribution in [-0.4, -0.2) is 53.1 Å². The molecule has 6 aromatic rings. The smallest absolute Gasteiger partial charge is 0.160 e. The predicted octanol–water partition coefficient (Wildman–Crippen LogP) is 5.26. The van der Waals surface area contributed by atoms with Crippen molar-refractivity contribution >= 4 is 16.7 Å². The molecule has 0 unspecified atom stereocenters. The monoisotopic (exact) mass is 488 g/mol. The summed E-state index contributed by atoms with van der Waals surface area (Å²) in [5, 5.41) is 5.88. The van der Waals surface area contributed by atoms with Crippen molar-refractivity contribution in [1.29, 1.82) is 0 Å². The first-order valence-corrected chi connectivity index (χ1v) is 12.4. The first-order valence-electron chi connectivity index (χ1n) is 12.4. The van der Waals surface area contributed by atoms with Crippen molar-refractivity contribution in [3.63, 3.8) is 0 Å². The van der Waals surface area contributed by atoms with E-state index in [0.717, 1.165) is 63.6 Å². The molecule has 37 heavy (non-hydrogen) atoms. The highest BCUT2D eigenvalue weighted by Gasteiger charge is 2.15. The van der Waals surface area contributed by atoms with Gasteiger partial charge in [-0.3, -0.25) is 0 Å². The Balaban J connectivity index is 1.39. The van der Waals surface area contributed by atoms with Gasteiger partial charge >= 0.3 is 0 Å². The molecular weight excluding hydrogens is 460 g/mol. The Kier molecular flexibility index (Phi) is 5.73. The first kappa shape index (κ1) is 23.0. The lowest BCUT2D eigenvalue weighted by Crippen LogP contribution is -2.10. The normalized spacial score (nSPS) is 11.7. The number of aromatic nitrogens is 7. The number of imidazole rings is 2. The molecule has 0 saturated heterocycles. The van der Waals surface area contributed by atoms with E-state index in [0.29, 0.717) is 5.65 Å². The lowest BCUT2D eigenvalue weighted by Gasteiger charge is -2.12. The Morgan fingerprint density at radius 3 is 2.49 bits per heavy atom. The second kappa shape index (κ2) is 9.22. The van der Waals surface area contributed by atoms with Gasteiger partial charge in [-0.25, -0.2) is 24.5 Å². The topological polar surface area (TPSA) is 77.0 Å². The highest BCUT2D eigenvalue weighted by Crippen LogP contribution is 2.31. The Hall–Kier alpha value is -4.43. The van der Waals surface area contributed by atoms with Crippen LogP contribution >= 0.6 is 0 Å². The second-order valence-corrected chi connectivity index (χ2v) is 9.51. The Morgan fingerprint density at radius 1 is 0.892 bits per heavy atom. The van der Waals surface area contributed by atoms with E-state index < -0.39 is 0 Å². The van der Waals surface area contributed by atoms with Crippen LogP contribution in [0.5, 0.6) is 0 Å². The van der Waals surface area contributed by atoms with Crippen molar-refractivity contribution in [2.45, 2.75) is 26.9 Å². The number of nitrogens with zero attached hydrogens (tertiary/aromatic N) is 8. The van der Waals surface area contributed by atoms with Crippen molar-refractivity contribution in [2.24, 2.45) is 0 Å². The quantitative estimate of drug-likeness (QED) is 0.318. The molecule has 1 aromatic carbocycles. The fourth-order valence-electron chi connectivity index (χ4n) is 4.69. The summed E-state index contributed by atoms with van der Waals surface area (Å²) in [4.78, 5) is 20.7. The lowest BCUT2D eigenvalue weighted by molar-refractivity contribution is 0.402. The van der Waals surface area contributed by atoms with Crippen molar-refractivity contribution in [3.05, 3.63) is 84.7 Å². The third kappa shape index (κ3) is 4.25. The van der Waals surface area contributed by atoms with E-state index >= 15 is 0 Å². The molecule has 184 valence electrons. The van der Waals surface area contributed by atoms with Crippen molar-refractivity contribution in [3.8, 4) is 33.8 Å². The molecule has 0 fully saturated rings. The summed E-state index contributed by atoms with van der Waals surface area (Å²) in [6.45, 7) is 5.91. The molecule has 0 N–H and O–H groups in total. The summed E-state index contributed by atoms with van der Waals surface area (Å²) in [6, 6.07) is 16.8. The summed E-state index contributed by atoms with van der Waals surface area (Å²) in [5.74, 6) is 0. The van der Waals surface area contributed by atoms with Crippen molar-refractivity contribution in [1.82, 2.24) is 39.0 Å². The summed E-state index contributed by atoms with van der Waals surface area (Å²) in [6.07, 6.45) is 7.48. The highest BCUT2D eigenvalue weighted by atomic mass is 15.3. The maximum absolute atomic E-state index is 4.94. The second-order valence-electron chi connectivity index (χ2n) is 9.51. The fourth-order valence-corrected chi connectivity index (χ4v) is 4.69. The Morgan fingerprint density at radius 2 is 1.73 bits per heavy atom. The first-order chi connectivity index (χ1) is 18.0. The zero-order chi connectivity index (χ0) is 25.5. The minimum Gasteiger partial charge on any atom is -0.337 e. The predicted molar refractivity (Wildman–Crippen MR) is 146 cm³/mol. The molecule has 0 spiro atoms. The molecule has 0 bridgehead atoms. The molecule has 0 aliphatic carbocycles. The number of fused-ring (bicyclic) bond motifs is 2. The third-order valence-electron chi connectivity index (χ3n) is 6.58. The van der Waals surface area contributed by atoms with Gasteiger partial charge in [-0.15, -0.1) is 0 Å². The van der Waals surface area contributed by atoms with Crippen LogP contribution in [0.4, 0.5) is 0 Å². The van der Waals surface area contributed by atoms with Crippen LogP contribution in [0.2, 0.25) is 0 Å². The van der Waals surface area contributed by atoms with Gasteiger partial charge in [-0.05, 0) is 63.3 Å². The van der Waals surface area contributed by atoms with Gasteiger partial charge < -0.3 is 9.47 Å². The van der Waals surface area contributed by atoms with Gasteiger partial charge in [0, 0.05) is 42.0 Å². The van der Waals surface area contributed by atoms with E-state index in [1.807, 2.05) is 46.9 Å². The fraction of sp³-hybridized carbons (Fsp3) is 0.207. The van der Waals surface area contributed by atoms with Crippen molar-refractivity contribution < 1.29 is 0 Å². The number of benzene rings is 1. The van der Waals surface area contributed by atoms with Gasteiger partial charge in [0.15, 0.2) is 11.3 Å². The van der Waals surface area contributed by atoms with Gasteiger partial charge in [-0.2, -0.15) is 5.10 Å². The number of pyridine rings is 2. The molecule has 5 aromatic heterocycles. The van der Waals surface area contributed by atoms with E-state index in [4.69, 9.17) is 15.1 Å². The molecule has 8 nitrogen and oxygen atoms in total. The zero-order valence-corrected chi connectivity index (χ0v) is 21.4. The molecule has 0 aliphatic rings. The van der Waals surface area contributed by atoms with Crippen LogP contribution in [0, 0.1) is 6.92 Å². The summed E-state index contributed by atoms with van der Waals surface area (Å²) >= 11 is 0. The number of rotatable bonds is 6. The summed E-state index contributed by atoms with van der Waals surface area (Å²) < 4.78 is 3.94. The lowest BCUT2D eigenvalue weighted by atomic mass is 10.0. The standard InChI is InChI=1S/C29H28N8/c1-5-36-17-26(32-18-36)25-11-10-23-22(12-13-30-29(23)33-25)27-15-31-28-14-24(19(2)34-37(27)28)21-8-6-20(7-9-21)16-35(3)4/h6-15,17-18H,5,16H2,1-4H3. The highest BCUT2D eigenvalue weighted by molar-refractivity contribution is 5.93. The molecule has 0 atom stereocenters. The number of hydrogen-bond donors (Lipinski definition) is 0. The molecular formula is C29H28N8. The van der Waals surface area contributed by atoms with Gasteiger partial charge in [0.2, 0.25) is 0 Å². The summed E-state index contributed by atoms with van der Waals surface area (Å²) in [5.41, 5.74) is 9.44. The SMILES string of the molecule is CCn1cnc(-c2ccc3c(-c4cnc5cc(-c6ccc(CN(C)C)cc6)c(C)nn45)ccnc3n2)c1. The number of aryl methyl sites for hydroxylation is 2. The van der Waals surface area contributed by atoms with Gasteiger partial charge in [0.1, 0.15) is 5.69 Å². The van der Waals surface area contributed by atoms with E-state index in [1.165, 1.54) is 5.56 Å². The minimum atomic E-state index is 0.669. The molecule has 0 aliphatic heterocycles. The van der Waals surface area contributed by atoms with Crippen LogP contribution in [-0.2, 0) is 13.1 Å². The molecule has 0 radical (unpaired) electrons. The van der Waals surface area contributed by atoms with Gasteiger partial charge in [0.05, 0.1) is 29.6 Å². The Labute approximate surface area is 215 Å². The van der Waals surface area contributed by atoms with E-state index in [9.17, 15) is 0 Å². The third-order valence-corrected chi connectivity index (χ3v) is 6.58. The van der Waals surface area contributed by atoms with Gasteiger partial charge in [0.25, 0.3) is 0 Å². The van der Waals surface area contributed by atoms with Crippen LogP contribution in [0.15, 0.2) is 73.4 Å². The van der Waals surface area contributed by atoms with Crippen LogP contribution in [0.3, 0.4) is 0 Å². The van der Waals surface area contributed by atoms with Gasteiger partial charge in [-0.1, -0.05) is 24.3 Å².